The minimum absolute atomic E-state index is 0.125. The van der Waals surface area contributed by atoms with Gasteiger partial charge in [-0.3, -0.25) is 0 Å². The summed E-state index contributed by atoms with van der Waals surface area (Å²) in [6, 6.07) is 0. The molecule has 2 heterocycles. The molecule has 94 valence electrons. The van der Waals surface area contributed by atoms with Crippen LogP contribution in [0, 0.1) is 11.8 Å². The normalized spacial score (nSPS) is 48.1. The predicted octanol–water partition coefficient (Wildman–Crippen LogP) is 3.18. The van der Waals surface area contributed by atoms with Gasteiger partial charge in [0.2, 0.25) is 5.79 Å². The van der Waals surface area contributed by atoms with Crippen LogP contribution in [0.1, 0.15) is 47.0 Å². The predicted molar refractivity (Wildman–Crippen MR) is 67.4 cm³/mol. The van der Waals surface area contributed by atoms with Crippen molar-refractivity contribution in [3.8, 4) is 0 Å². The highest BCUT2D eigenvalue weighted by Crippen LogP contribution is 2.60. The number of fused-ring (bicyclic) bond motifs is 1. The van der Waals surface area contributed by atoms with Gasteiger partial charge in [-0.15, -0.1) is 0 Å². The molecule has 1 N–H and O–H groups in total. The summed E-state index contributed by atoms with van der Waals surface area (Å²) in [4.78, 5) is 0. The molecule has 0 aromatic heterocycles. The lowest BCUT2D eigenvalue weighted by Crippen LogP contribution is -2.45. The van der Waals surface area contributed by atoms with Gasteiger partial charge in [-0.25, -0.2) is 0 Å². The number of aliphatic hydroxyl groups is 1. The highest BCUT2D eigenvalue weighted by Gasteiger charge is 2.62. The van der Waals surface area contributed by atoms with Gasteiger partial charge in [0.05, 0.1) is 5.60 Å². The molecule has 0 radical (unpaired) electrons. The van der Waals surface area contributed by atoms with Crippen LogP contribution in [0.15, 0.2) is 22.8 Å². The smallest absolute Gasteiger partial charge is 0.209 e. The summed E-state index contributed by atoms with van der Waals surface area (Å²) in [5, 5.41) is 10.7. The lowest BCUT2D eigenvalue weighted by Gasteiger charge is -2.40. The Kier molecular flexibility index (Phi) is 2.19. The molecule has 3 rings (SSSR count). The van der Waals surface area contributed by atoms with Gasteiger partial charge in [0.15, 0.2) is 0 Å². The first-order chi connectivity index (χ1) is 7.89. The number of hydrogen-bond acceptors (Lipinski definition) is 2. The Balaban J connectivity index is 2.18. The molecule has 17 heavy (non-hydrogen) atoms. The van der Waals surface area contributed by atoms with E-state index in [9.17, 15) is 5.11 Å². The highest BCUT2D eigenvalue weighted by atomic mass is 16.6. The van der Waals surface area contributed by atoms with Crippen molar-refractivity contribution in [2.24, 2.45) is 11.8 Å². The Labute approximate surface area is 103 Å². The maximum Gasteiger partial charge on any atom is 0.209 e. The summed E-state index contributed by atoms with van der Waals surface area (Å²) in [5.41, 5.74) is 3.49. The van der Waals surface area contributed by atoms with E-state index in [1.165, 1.54) is 24.0 Å². The number of hydrogen-bond donors (Lipinski definition) is 1. The molecule has 1 unspecified atom stereocenters. The molecule has 3 aliphatic rings. The van der Waals surface area contributed by atoms with Crippen molar-refractivity contribution in [3.63, 3.8) is 0 Å². The van der Waals surface area contributed by atoms with Gasteiger partial charge < -0.3 is 9.84 Å². The van der Waals surface area contributed by atoms with Crippen molar-refractivity contribution in [1.82, 2.24) is 0 Å². The molecule has 2 fully saturated rings. The summed E-state index contributed by atoms with van der Waals surface area (Å²) in [6.45, 7) is 8.57. The molecule has 2 nitrogen and oxygen atoms in total. The molecule has 0 aromatic rings. The van der Waals surface area contributed by atoms with E-state index in [0.717, 1.165) is 12.0 Å². The van der Waals surface area contributed by atoms with E-state index >= 15 is 0 Å². The summed E-state index contributed by atoms with van der Waals surface area (Å²) in [7, 11) is 0. The minimum Gasteiger partial charge on any atom is -0.359 e. The first-order valence-corrected chi connectivity index (χ1v) is 6.68. The van der Waals surface area contributed by atoms with Crippen molar-refractivity contribution in [3.05, 3.63) is 22.8 Å². The van der Waals surface area contributed by atoms with Crippen LogP contribution in [0.3, 0.4) is 0 Å². The van der Waals surface area contributed by atoms with Crippen LogP contribution in [-0.4, -0.2) is 16.5 Å². The van der Waals surface area contributed by atoms with Crippen LogP contribution in [0.25, 0.3) is 0 Å². The average molecular weight is 234 g/mol. The highest BCUT2D eigenvalue weighted by molar-refractivity contribution is 5.40. The second-order valence-corrected chi connectivity index (χ2v) is 6.33. The fraction of sp³-hybridized carbons (Fsp3) is 0.733. The molecule has 4 atom stereocenters. The zero-order valence-electron chi connectivity index (χ0n) is 11.2. The Hall–Kier alpha value is -0.600. The molecular weight excluding hydrogens is 212 g/mol. The molecule has 2 heteroatoms. The summed E-state index contributed by atoms with van der Waals surface area (Å²) < 4.78 is 6.17. The Bertz CT molecular complexity index is 430. The van der Waals surface area contributed by atoms with Gasteiger partial charge in [0.25, 0.3) is 0 Å². The lowest BCUT2D eigenvalue weighted by molar-refractivity contribution is -0.209. The summed E-state index contributed by atoms with van der Waals surface area (Å²) in [5.74, 6) is -0.0629. The summed E-state index contributed by atoms with van der Waals surface area (Å²) >= 11 is 0. The molecule has 1 aliphatic carbocycles. The van der Waals surface area contributed by atoms with Gasteiger partial charge in [0.1, 0.15) is 0 Å². The second kappa shape index (κ2) is 3.24. The largest absolute Gasteiger partial charge is 0.359 e. The van der Waals surface area contributed by atoms with Crippen LogP contribution in [0.5, 0.6) is 0 Å². The van der Waals surface area contributed by atoms with Crippen molar-refractivity contribution in [1.29, 1.82) is 0 Å². The number of ether oxygens (including phenoxy) is 1. The molecule has 2 aliphatic heterocycles. The molecule has 1 saturated carbocycles. The van der Waals surface area contributed by atoms with Gasteiger partial charge in [0, 0.05) is 12.3 Å². The van der Waals surface area contributed by atoms with Gasteiger partial charge >= 0.3 is 0 Å². The zero-order valence-corrected chi connectivity index (χ0v) is 11.2. The van der Waals surface area contributed by atoms with Crippen LogP contribution in [-0.2, 0) is 4.74 Å². The van der Waals surface area contributed by atoms with Crippen LogP contribution >= 0.6 is 0 Å². The Morgan fingerprint density at radius 2 is 2.12 bits per heavy atom. The molecular formula is C15H22O2. The van der Waals surface area contributed by atoms with E-state index in [4.69, 9.17) is 4.74 Å². The fourth-order valence-corrected chi connectivity index (χ4v) is 4.18. The quantitative estimate of drug-likeness (QED) is 0.652. The second-order valence-electron chi connectivity index (χ2n) is 6.33. The lowest BCUT2D eigenvalue weighted by atomic mass is 9.79. The van der Waals surface area contributed by atoms with Crippen molar-refractivity contribution in [2.45, 2.75) is 58.3 Å². The average Bonchev–Trinajstić information content (AvgIpc) is 2.65. The molecule has 0 aromatic carbocycles. The van der Waals surface area contributed by atoms with Crippen LogP contribution in [0.4, 0.5) is 0 Å². The van der Waals surface area contributed by atoms with Gasteiger partial charge in [-0.05, 0) is 51.2 Å². The maximum atomic E-state index is 10.7. The van der Waals surface area contributed by atoms with Crippen molar-refractivity contribution < 1.29 is 9.84 Å². The Morgan fingerprint density at radius 3 is 2.76 bits per heavy atom. The third-order valence-electron chi connectivity index (χ3n) is 5.12. The third kappa shape index (κ3) is 1.28. The first kappa shape index (κ1) is 11.5. The molecule has 1 saturated heterocycles. The van der Waals surface area contributed by atoms with Crippen LogP contribution in [0.2, 0.25) is 0 Å². The van der Waals surface area contributed by atoms with Crippen LogP contribution < -0.4 is 0 Å². The molecule has 0 amide bonds. The van der Waals surface area contributed by atoms with E-state index in [0.29, 0.717) is 11.8 Å². The summed E-state index contributed by atoms with van der Waals surface area (Å²) in [6.07, 6.45) is 5.27. The van der Waals surface area contributed by atoms with Crippen molar-refractivity contribution >= 4 is 0 Å². The van der Waals surface area contributed by atoms with Gasteiger partial charge in [-0.2, -0.15) is 0 Å². The van der Waals surface area contributed by atoms with E-state index in [1.54, 1.807) is 0 Å². The van der Waals surface area contributed by atoms with Crippen molar-refractivity contribution in [2.75, 3.05) is 0 Å². The van der Waals surface area contributed by atoms with E-state index in [2.05, 4.69) is 27.7 Å². The number of allylic oxidation sites excluding steroid dienone is 1. The topological polar surface area (TPSA) is 29.5 Å². The minimum atomic E-state index is -1.11. The number of rotatable bonds is 0. The Morgan fingerprint density at radius 1 is 1.41 bits per heavy atom. The zero-order chi connectivity index (χ0) is 12.4. The van der Waals surface area contributed by atoms with E-state index in [1.807, 2.05) is 6.08 Å². The van der Waals surface area contributed by atoms with E-state index < -0.39 is 5.79 Å². The SMILES string of the molecule is CC1=C[C@@]2(O)O[C@@]3(CC2=C(C)C)C(C)CC[C@H]13. The molecule has 1 spiro atoms. The van der Waals surface area contributed by atoms with E-state index in [-0.39, 0.29) is 5.60 Å². The maximum absolute atomic E-state index is 10.7. The standard InChI is InChI=1S/C15H22O2/c1-9(2)13-8-14-11(4)5-6-12(14)10(3)7-15(13,16)17-14/h7,11-12,16H,5-6,8H2,1-4H3/t11?,12-,14+,15-/m1/s1. The first-order valence-electron chi connectivity index (χ1n) is 6.68. The monoisotopic (exact) mass is 234 g/mol. The fourth-order valence-electron chi connectivity index (χ4n) is 4.18. The third-order valence-corrected chi connectivity index (χ3v) is 5.12. The van der Waals surface area contributed by atoms with Gasteiger partial charge in [-0.1, -0.05) is 18.1 Å². The molecule has 2 bridgehead atoms.